The van der Waals surface area contributed by atoms with Gasteiger partial charge in [-0.3, -0.25) is 28.8 Å². The van der Waals surface area contributed by atoms with Gasteiger partial charge < -0.3 is 30.7 Å². The molecular formula is C21H36N6O6. The fraction of sp³-hybridized carbons (Fsp3) is 0.714. The van der Waals surface area contributed by atoms with Gasteiger partial charge in [0.1, 0.15) is 36.3 Å². The van der Waals surface area contributed by atoms with E-state index in [4.69, 9.17) is 0 Å². The second kappa shape index (κ2) is 11.1. The molecule has 33 heavy (non-hydrogen) atoms. The van der Waals surface area contributed by atoms with Gasteiger partial charge in [-0.2, -0.15) is 0 Å². The Labute approximate surface area is 194 Å². The first-order valence-electron chi connectivity index (χ1n) is 10.8. The van der Waals surface area contributed by atoms with Gasteiger partial charge in [-0.1, -0.05) is 0 Å². The third-order valence-electron chi connectivity index (χ3n) is 6.11. The lowest BCUT2D eigenvalue weighted by molar-refractivity contribution is -0.148. The molecule has 1 aliphatic heterocycles. The van der Waals surface area contributed by atoms with Crippen molar-refractivity contribution in [1.29, 1.82) is 0 Å². The smallest absolute Gasteiger partial charge is 0.245 e. The molecule has 0 aromatic rings. The van der Waals surface area contributed by atoms with Crippen LogP contribution in [0.1, 0.15) is 41.5 Å². The molecule has 1 saturated heterocycles. The standard InChI is InChI=1S/C21H36N6O6/c1-10-16(28)23-11(2)20(32)27(9)15(6)21(33)26(8)14(5)18(30)24-12(3)19(31)25(7)13(4)17(29)22-10/h10-15H,1-9H3,(H,22,29)(H,23,28)(H,24,30)/t10-,11-,12-,13+,14-,15-/m0/s1. The van der Waals surface area contributed by atoms with Gasteiger partial charge in [0, 0.05) is 21.1 Å². The Kier molecular flexibility index (Phi) is 9.37. The number of amides is 6. The number of rotatable bonds is 0. The van der Waals surface area contributed by atoms with Crippen molar-refractivity contribution in [3.8, 4) is 0 Å². The van der Waals surface area contributed by atoms with Crippen molar-refractivity contribution in [3.05, 3.63) is 0 Å². The number of carbonyl (C=O) groups is 6. The van der Waals surface area contributed by atoms with E-state index in [9.17, 15) is 28.8 Å². The summed E-state index contributed by atoms with van der Waals surface area (Å²) in [5, 5.41) is 7.60. The molecule has 1 aliphatic rings. The van der Waals surface area contributed by atoms with E-state index < -0.39 is 71.7 Å². The summed E-state index contributed by atoms with van der Waals surface area (Å²) in [6.45, 7) is 8.90. The number of carbonyl (C=O) groups excluding carboxylic acids is 6. The Hall–Kier alpha value is -3.18. The average Bonchev–Trinajstić information content (AvgIpc) is 2.78. The first kappa shape index (κ1) is 27.9. The van der Waals surface area contributed by atoms with Gasteiger partial charge in [-0.25, -0.2) is 0 Å². The van der Waals surface area contributed by atoms with Crippen molar-refractivity contribution >= 4 is 35.4 Å². The predicted molar refractivity (Wildman–Crippen MR) is 120 cm³/mol. The van der Waals surface area contributed by atoms with Crippen LogP contribution in [0, 0.1) is 0 Å². The summed E-state index contributed by atoms with van der Waals surface area (Å²) in [6.07, 6.45) is 0. The molecule has 0 aromatic heterocycles. The molecule has 0 unspecified atom stereocenters. The summed E-state index contributed by atoms with van der Waals surface area (Å²) < 4.78 is 0. The summed E-state index contributed by atoms with van der Waals surface area (Å²) in [7, 11) is 4.27. The maximum atomic E-state index is 12.9. The fourth-order valence-electron chi connectivity index (χ4n) is 3.19. The number of nitrogens with one attached hydrogen (secondary N) is 3. The molecule has 12 nitrogen and oxygen atoms in total. The zero-order chi connectivity index (χ0) is 25.8. The zero-order valence-corrected chi connectivity index (χ0v) is 20.8. The van der Waals surface area contributed by atoms with Crippen LogP contribution in [0.4, 0.5) is 0 Å². The maximum absolute atomic E-state index is 12.9. The lowest BCUT2D eigenvalue weighted by Crippen LogP contribution is -2.59. The highest BCUT2D eigenvalue weighted by molar-refractivity contribution is 5.97. The van der Waals surface area contributed by atoms with Crippen LogP contribution in [-0.4, -0.2) is 108 Å². The molecule has 0 aliphatic carbocycles. The minimum absolute atomic E-state index is 0.488. The zero-order valence-electron chi connectivity index (χ0n) is 20.8. The molecule has 0 saturated carbocycles. The number of nitrogens with zero attached hydrogens (tertiary/aromatic N) is 3. The van der Waals surface area contributed by atoms with E-state index in [2.05, 4.69) is 16.0 Å². The highest BCUT2D eigenvalue weighted by atomic mass is 16.2. The molecule has 1 fully saturated rings. The van der Waals surface area contributed by atoms with Crippen molar-refractivity contribution in [2.45, 2.75) is 77.8 Å². The fourth-order valence-corrected chi connectivity index (χ4v) is 3.19. The second-order valence-electron chi connectivity index (χ2n) is 8.57. The van der Waals surface area contributed by atoms with Gasteiger partial charge in [0.05, 0.1) is 0 Å². The highest BCUT2D eigenvalue weighted by Gasteiger charge is 2.34. The monoisotopic (exact) mass is 468 g/mol. The maximum Gasteiger partial charge on any atom is 0.245 e. The molecule has 0 radical (unpaired) electrons. The SMILES string of the molecule is C[C@@H]1NC(=O)[C@@H](C)N(C)C(=O)[C@H](C)NC(=O)[C@H](C)N(C)C(=O)[C@H](C)N(C)C(=O)[C@H](C)NC1=O. The summed E-state index contributed by atoms with van der Waals surface area (Å²) in [5.74, 6) is -3.24. The average molecular weight is 469 g/mol. The number of hydrogen-bond acceptors (Lipinski definition) is 6. The summed E-state index contributed by atoms with van der Waals surface area (Å²) in [6, 6.07) is -5.69. The molecule has 0 bridgehead atoms. The minimum Gasteiger partial charge on any atom is -0.343 e. The predicted octanol–water partition coefficient (Wildman–Crippen LogP) is -1.95. The second-order valence-corrected chi connectivity index (χ2v) is 8.57. The van der Waals surface area contributed by atoms with Crippen LogP contribution in [0.15, 0.2) is 0 Å². The van der Waals surface area contributed by atoms with Crippen molar-refractivity contribution in [2.75, 3.05) is 21.1 Å². The minimum atomic E-state index is -0.981. The van der Waals surface area contributed by atoms with Crippen LogP contribution < -0.4 is 16.0 Å². The molecule has 12 heteroatoms. The molecule has 0 spiro atoms. The van der Waals surface area contributed by atoms with Gasteiger partial charge in [-0.15, -0.1) is 0 Å². The van der Waals surface area contributed by atoms with Crippen LogP contribution in [0.3, 0.4) is 0 Å². The molecule has 0 aromatic carbocycles. The first-order valence-corrected chi connectivity index (χ1v) is 10.8. The van der Waals surface area contributed by atoms with Crippen molar-refractivity contribution in [3.63, 3.8) is 0 Å². The normalized spacial score (nSPS) is 32.1. The van der Waals surface area contributed by atoms with Crippen LogP contribution in [0.5, 0.6) is 0 Å². The van der Waals surface area contributed by atoms with Gasteiger partial charge in [0.25, 0.3) is 0 Å². The Bertz CT molecular complexity index is 817. The largest absolute Gasteiger partial charge is 0.343 e. The van der Waals surface area contributed by atoms with Crippen LogP contribution in [-0.2, 0) is 28.8 Å². The molecule has 6 amide bonds. The Morgan fingerprint density at radius 3 is 1.18 bits per heavy atom. The molecule has 3 N–H and O–H groups in total. The molecule has 6 atom stereocenters. The first-order chi connectivity index (χ1) is 15.1. The molecular weight excluding hydrogens is 432 g/mol. The van der Waals surface area contributed by atoms with Crippen LogP contribution in [0.2, 0.25) is 0 Å². The van der Waals surface area contributed by atoms with E-state index in [-0.39, 0.29) is 0 Å². The quantitative estimate of drug-likeness (QED) is 0.377. The van der Waals surface area contributed by atoms with Crippen LogP contribution in [0.25, 0.3) is 0 Å². The van der Waals surface area contributed by atoms with Gasteiger partial charge in [0.2, 0.25) is 35.4 Å². The molecule has 186 valence electrons. The third-order valence-corrected chi connectivity index (χ3v) is 6.11. The number of hydrogen-bond donors (Lipinski definition) is 3. The van der Waals surface area contributed by atoms with E-state index >= 15 is 0 Å². The summed E-state index contributed by atoms with van der Waals surface area (Å²) in [5.41, 5.74) is 0. The van der Waals surface area contributed by atoms with E-state index in [0.717, 1.165) is 4.90 Å². The van der Waals surface area contributed by atoms with Crippen LogP contribution >= 0.6 is 0 Å². The summed E-state index contributed by atoms with van der Waals surface area (Å²) >= 11 is 0. The van der Waals surface area contributed by atoms with Crippen molar-refractivity contribution in [1.82, 2.24) is 30.7 Å². The topological polar surface area (TPSA) is 148 Å². The van der Waals surface area contributed by atoms with Gasteiger partial charge in [0.15, 0.2) is 0 Å². The van der Waals surface area contributed by atoms with Crippen molar-refractivity contribution < 1.29 is 28.8 Å². The van der Waals surface area contributed by atoms with E-state index in [1.807, 2.05) is 0 Å². The molecule has 1 heterocycles. The van der Waals surface area contributed by atoms with E-state index in [1.165, 1.54) is 72.5 Å². The van der Waals surface area contributed by atoms with Gasteiger partial charge >= 0.3 is 0 Å². The lowest BCUT2D eigenvalue weighted by Gasteiger charge is -2.33. The van der Waals surface area contributed by atoms with Gasteiger partial charge in [-0.05, 0) is 41.5 Å². The Morgan fingerprint density at radius 2 is 0.758 bits per heavy atom. The highest BCUT2D eigenvalue weighted by Crippen LogP contribution is 2.08. The Morgan fingerprint density at radius 1 is 0.455 bits per heavy atom. The van der Waals surface area contributed by atoms with Crippen molar-refractivity contribution in [2.24, 2.45) is 0 Å². The molecule has 1 rings (SSSR count). The lowest BCUT2D eigenvalue weighted by atomic mass is 10.1. The summed E-state index contributed by atoms with van der Waals surface area (Å²) in [4.78, 5) is 79.7. The van der Waals surface area contributed by atoms with E-state index in [0.29, 0.717) is 0 Å². The number of likely N-dealkylation sites (N-methyl/N-ethyl adjacent to an activating group) is 3. The third kappa shape index (κ3) is 6.42. The van der Waals surface area contributed by atoms with E-state index in [1.54, 1.807) is 0 Å². The Balaban J connectivity index is 3.29.